The number of fused-ring (bicyclic) bond motifs is 3. The van der Waals surface area contributed by atoms with Gasteiger partial charge in [-0.2, -0.15) is 0 Å². The first kappa shape index (κ1) is 26.1. The maximum Gasteiger partial charge on any atom is 0.586 e. The van der Waals surface area contributed by atoms with Crippen molar-refractivity contribution in [2.45, 2.75) is 50.5 Å². The van der Waals surface area contributed by atoms with Crippen molar-refractivity contribution in [2.24, 2.45) is 0 Å². The number of halogens is 3. The molecule has 0 fully saturated rings. The molecule has 0 saturated carbocycles. The Balaban J connectivity index is 1.49. The lowest BCUT2D eigenvalue weighted by Gasteiger charge is -2.23. The highest BCUT2D eigenvalue weighted by Crippen LogP contribution is 2.50. The summed E-state index contributed by atoms with van der Waals surface area (Å²) in [6, 6.07) is 4.92. The third kappa shape index (κ3) is 4.20. The molecule has 2 atom stereocenters. The molecular formula is C25H26F3N3O7. The van der Waals surface area contributed by atoms with Gasteiger partial charge in [-0.3, -0.25) is 4.79 Å². The van der Waals surface area contributed by atoms with Crippen LogP contribution in [0.15, 0.2) is 24.3 Å². The Kier molecular flexibility index (Phi) is 6.00. The average Bonchev–Trinajstić information content (AvgIpc) is 3.48. The van der Waals surface area contributed by atoms with Gasteiger partial charge in [-0.1, -0.05) is 13.8 Å². The minimum absolute atomic E-state index is 0.0990. The number of amides is 1. The molecule has 0 unspecified atom stereocenters. The minimum atomic E-state index is -3.84. The molecule has 38 heavy (non-hydrogen) atoms. The Hall–Kier alpha value is -3.55. The van der Waals surface area contributed by atoms with E-state index in [2.05, 4.69) is 19.8 Å². The number of imidazole rings is 1. The van der Waals surface area contributed by atoms with E-state index in [1.165, 1.54) is 29.7 Å². The lowest BCUT2D eigenvalue weighted by molar-refractivity contribution is -0.286. The molecule has 4 N–H and O–H groups in total. The zero-order valence-corrected chi connectivity index (χ0v) is 20.7. The Morgan fingerprint density at radius 2 is 1.87 bits per heavy atom. The number of hydrogen-bond donors (Lipinski definition) is 4. The highest BCUT2D eigenvalue weighted by molar-refractivity contribution is 6.01. The van der Waals surface area contributed by atoms with Crippen LogP contribution in [-0.2, 0) is 22.2 Å². The first-order chi connectivity index (χ1) is 17.8. The maximum absolute atomic E-state index is 15.3. The van der Waals surface area contributed by atoms with Gasteiger partial charge in [0.1, 0.15) is 29.4 Å². The summed E-state index contributed by atoms with van der Waals surface area (Å²) in [6.45, 7) is 3.90. The normalized spacial score (nSPS) is 20.3. The summed E-state index contributed by atoms with van der Waals surface area (Å²) in [5.41, 5.74) is -1.59. The van der Waals surface area contributed by atoms with Crippen molar-refractivity contribution in [3.8, 4) is 17.2 Å². The smallest absolute Gasteiger partial charge is 0.492 e. The van der Waals surface area contributed by atoms with Gasteiger partial charge in [0, 0.05) is 23.1 Å². The molecule has 3 aromatic rings. The van der Waals surface area contributed by atoms with Gasteiger partial charge in [0.05, 0.1) is 42.6 Å². The van der Waals surface area contributed by atoms with Crippen LogP contribution in [0.25, 0.3) is 11.0 Å². The van der Waals surface area contributed by atoms with Crippen molar-refractivity contribution in [3.05, 3.63) is 41.5 Å². The number of carbonyl (C=O) groups is 1. The van der Waals surface area contributed by atoms with Gasteiger partial charge >= 0.3 is 6.29 Å². The third-order valence-electron chi connectivity index (χ3n) is 6.81. The van der Waals surface area contributed by atoms with E-state index in [-0.39, 0.29) is 53.8 Å². The van der Waals surface area contributed by atoms with Crippen molar-refractivity contribution < 1.29 is 47.5 Å². The first-order valence-corrected chi connectivity index (χ1v) is 11.8. The summed E-state index contributed by atoms with van der Waals surface area (Å²) in [5.74, 6) is -1.42. The molecule has 2 aliphatic rings. The highest BCUT2D eigenvalue weighted by atomic mass is 19.3. The number of nitrogens with one attached hydrogen (secondary N) is 1. The molecule has 10 nitrogen and oxygen atoms in total. The number of aromatic nitrogens is 2. The first-order valence-electron chi connectivity index (χ1n) is 11.8. The quantitative estimate of drug-likeness (QED) is 0.361. The van der Waals surface area contributed by atoms with Gasteiger partial charge in [-0.15, -0.1) is 8.78 Å². The fourth-order valence-corrected chi connectivity index (χ4v) is 4.56. The molecule has 5 rings (SSSR count). The lowest BCUT2D eigenvalue weighted by atomic mass is 9.83. The van der Waals surface area contributed by atoms with Crippen molar-refractivity contribution in [1.29, 1.82) is 0 Å². The van der Waals surface area contributed by atoms with Crippen LogP contribution < -0.4 is 19.5 Å². The van der Waals surface area contributed by atoms with E-state index < -0.39 is 41.6 Å². The monoisotopic (exact) mass is 537 g/mol. The predicted octanol–water partition coefficient (Wildman–Crippen LogP) is 2.41. The lowest BCUT2D eigenvalue weighted by Crippen LogP contribution is -2.39. The molecule has 1 aromatic heterocycles. The minimum Gasteiger partial charge on any atom is -0.492 e. The van der Waals surface area contributed by atoms with Gasteiger partial charge < -0.3 is 39.4 Å². The van der Waals surface area contributed by atoms with Crippen molar-refractivity contribution in [1.82, 2.24) is 9.55 Å². The summed E-state index contributed by atoms with van der Waals surface area (Å²) in [5, 5.41) is 31.8. The van der Waals surface area contributed by atoms with Crippen LogP contribution in [0.3, 0.4) is 0 Å². The Morgan fingerprint density at radius 3 is 2.53 bits per heavy atom. The van der Waals surface area contributed by atoms with E-state index >= 15 is 4.39 Å². The topological polar surface area (TPSA) is 135 Å². The summed E-state index contributed by atoms with van der Waals surface area (Å²) < 4.78 is 58.3. The molecule has 0 saturated heterocycles. The number of anilines is 1. The Labute approximate surface area is 214 Å². The van der Waals surface area contributed by atoms with E-state index in [0.29, 0.717) is 11.3 Å². The Morgan fingerprint density at radius 1 is 1.18 bits per heavy atom. The van der Waals surface area contributed by atoms with Crippen LogP contribution in [0.2, 0.25) is 0 Å². The predicted molar refractivity (Wildman–Crippen MR) is 127 cm³/mol. The molecule has 0 bridgehead atoms. The summed E-state index contributed by atoms with van der Waals surface area (Å²) in [7, 11) is 0. The summed E-state index contributed by atoms with van der Waals surface area (Å²) in [6.07, 6.45) is -4.99. The molecule has 3 heterocycles. The molecule has 2 aliphatic heterocycles. The van der Waals surface area contributed by atoms with Crippen molar-refractivity contribution in [2.75, 3.05) is 25.1 Å². The number of carbonyl (C=O) groups excluding carboxylic acids is 1. The molecule has 2 aromatic carbocycles. The van der Waals surface area contributed by atoms with Gasteiger partial charge in [-0.25, -0.2) is 9.37 Å². The van der Waals surface area contributed by atoms with Gasteiger partial charge in [-0.05, 0) is 19.1 Å². The molecule has 13 heteroatoms. The highest BCUT2D eigenvalue weighted by Gasteiger charge is 2.49. The zero-order valence-electron chi connectivity index (χ0n) is 20.7. The standard InChI is InChI=1S/C25H26F3N3O7/c1-23(2,10-33)21-29-16-6-15(14(26)5-17(16)31(21)8-12(34)9-32)30-22(35)24(3)11-36-18-7-20-19(4-13(18)24)37-25(27,28)38-20/h4-7,12,32-34H,8-11H2,1-3H3,(H,30,35)/t12-,24+/m1/s1. The maximum atomic E-state index is 15.3. The fraction of sp³-hybridized carbons (Fsp3) is 0.440. The number of benzene rings is 2. The number of aliphatic hydroxyl groups is 3. The second-order valence-corrected chi connectivity index (χ2v) is 10.3. The number of alkyl halides is 2. The Bertz CT molecular complexity index is 1440. The van der Waals surface area contributed by atoms with E-state index in [1.807, 2.05) is 0 Å². The van der Waals surface area contributed by atoms with Crippen LogP contribution >= 0.6 is 0 Å². The number of rotatable bonds is 7. The van der Waals surface area contributed by atoms with E-state index in [0.717, 1.165) is 6.07 Å². The van der Waals surface area contributed by atoms with E-state index in [9.17, 15) is 28.9 Å². The second kappa shape index (κ2) is 8.75. The van der Waals surface area contributed by atoms with E-state index in [1.54, 1.807) is 13.8 Å². The SMILES string of the molecule is CC(C)(CO)c1nc2cc(NC(=O)[C@@]3(C)COc4cc5c(cc43)OC(F)(F)O5)c(F)cc2n1C[C@@H](O)CO. The molecular weight excluding hydrogens is 511 g/mol. The summed E-state index contributed by atoms with van der Waals surface area (Å²) >= 11 is 0. The van der Waals surface area contributed by atoms with Gasteiger partial charge in [0.15, 0.2) is 11.5 Å². The molecule has 0 radical (unpaired) electrons. The van der Waals surface area contributed by atoms with Crippen LogP contribution in [0.5, 0.6) is 17.2 Å². The van der Waals surface area contributed by atoms with Crippen LogP contribution in [-0.4, -0.2) is 63.0 Å². The number of aliphatic hydroxyl groups excluding tert-OH is 3. The third-order valence-corrected chi connectivity index (χ3v) is 6.81. The second-order valence-electron chi connectivity index (χ2n) is 10.3. The largest absolute Gasteiger partial charge is 0.586 e. The van der Waals surface area contributed by atoms with Crippen molar-refractivity contribution in [3.63, 3.8) is 0 Å². The average molecular weight is 537 g/mol. The number of ether oxygens (including phenoxy) is 3. The summed E-state index contributed by atoms with van der Waals surface area (Å²) in [4.78, 5) is 17.9. The molecule has 204 valence electrons. The van der Waals surface area contributed by atoms with Crippen LogP contribution in [0.4, 0.5) is 18.9 Å². The van der Waals surface area contributed by atoms with Gasteiger partial charge in [0.25, 0.3) is 0 Å². The van der Waals surface area contributed by atoms with Crippen LogP contribution in [0.1, 0.15) is 32.2 Å². The number of nitrogens with zero attached hydrogens (tertiary/aromatic N) is 2. The van der Waals surface area contributed by atoms with Crippen molar-refractivity contribution >= 4 is 22.6 Å². The van der Waals surface area contributed by atoms with E-state index in [4.69, 9.17) is 4.74 Å². The zero-order chi connectivity index (χ0) is 27.6. The molecule has 0 spiro atoms. The molecule has 0 aliphatic carbocycles. The van der Waals surface area contributed by atoms with Crippen LogP contribution in [0, 0.1) is 5.82 Å². The fourth-order valence-electron chi connectivity index (χ4n) is 4.56. The molecule has 1 amide bonds. The van der Waals surface area contributed by atoms with Gasteiger partial charge in [0.2, 0.25) is 5.91 Å². The number of hydrogen-bond acceptors (Lipinski definition) is 8.